The number of hydrazone groups is 1. The molecule has 1 aliphatic heterocycles. The third-order valence-corrected chi connectivity index (χ3v) is 8.24. The van der Waals surface area contributed by atoms with Crippen LogP contribution in [0.2, 0.25) is 0 Å². The largest absolute Gasteiger partial charge is 0.507 e. The average Bonchev–Trinajstić information content (AvgIpc) is 2.94. The summed E-state index contributed by atoms with van der Waals surface area (Å²) in [7, 11) is 1.35. The van der Waals surface area contributed by atoms with E-state index >= 15 is 0 Å². The van der Waals surface area contributed by atoms with Crippen LogP contribution in [-0.4, -0.2) is 80.1 Å². The number of carbonyl (C=O) groups excluding carboxylic acids is 2. The van der Waals surface area contributed by atoms with Gasteiger partial charge in [0.2, 0.25) is 5.78 Å². The van der Waals surface area contributed by atoms with Crippen molar-refractivity contribution in [3.05, 3.63) is 51.6 Å². The fraction of sp³-hybridized carbons (Fsp3) is 0.429. The highest BCUT2D eigenvalue weighted by Crippen LogP contribution is 2.52. The van der Waals surface area contributed by atoms with Crippen LogP contribution in [0.5, 0.6) is 17.2 Å². The molecule has 9 N–H and O–H groups in total. The molecule has 14 heteroatoms. The molecule has 224 valence electrons. The summed E-state index contributed by atoms with van der Waals surface area (Å²) in [5.41, 5.74) is 11.5. The van der Waals surface area contributed by atoms with E-state index in [0.29, 0.717) is 0 Å². The molecule has 1 saturated heterocycles. The molecule has 0 spiro atoms. The summed E-state index contributed by atoms with van der Waals surface area (Å²) in [4.78, 5) is 27.4. The van der Waals surface area contributed by atoms with E-state index in [2.05, 4.69) is 10.5 Å². The number of carbonyl (C=O) groups is 2. The highest BCUT2D eigenvalue weighted by atomic mass is 32.1. The van der Waals surface area contributed by atoms with Gasteiger partial charge in [-0.15, -0.1) is 0 Å². The molecule has 42 heavy (non-hydrogen) atoms. The van der Waals surface area contributed by atoms with Crippen LogP contribution in [-0.2, 0) is 15.9 Å². The van der Waals surface area contributed by atoms with Crippen molar-refractivity contribution in [3.8, 4) is 17.2 Å². The standard InChI is InChI=1S/C28H32N4O9S/c1-10-22(33)14(29)7-17(40-10)41-16-9-28(38,11(2)31-32-27(30)42)8-13-19(16)26(37)21-20(24(13)35)23(34)12-5-4-6-15(39-3)18(12)25(21)36/h4-6,10,14,16-17,22,33,35,37-38H,7-9,29H2,1-3H3,(H3,30,32,42)/b31-11-/t10-,14-,16-,17+,22+,28+/m1/s1. The van der Waals surface area contributed by atoms with Gasteiger partial charge in [-0.05, 0) is 32.1 Å². The van der Waals surface area contributed by atoms with Crippen LogP contribution in [0, 0.1) is 0 Å². The molecule has 0 amide bonds. The number of aliphatic hydroxyl groups is 2. The Balaban J connectivity index is 1.68. The summed E-state index contributed by atoms with van der Waals surface area (Å²) in [6, 6.07) is 3.79. The predicted octanol–water partition coefficient (Wildman–Crippen LogP) is 0.649. The molecule has 0 aromatic heterocycles. The first-order chi connectivity index (χ1) is 19.8. The smallest absolute Gasteiger partial charge is 0.202 e. The number of methoxy groups -OCH3 is 1. The summed E-state index contributed by atoms with van der Waals surface area (Å²) < 4.78 is 17.3. The number of nitrogens with one attached hydrogen (secondary N) is 1. The molecule has 5 rings (SSSR count). The maximum absolute atomic E-state index is 13.8. The minimum atomic E-state index is -1.79. The number of ketones is 2. The second-order valence-electron chi connectivity index (χ2n) is 10.8. The lowest BCUT2D eigenvalue weighted by Crippen LogP contribution is -2.52. The van der Waals surface area contributed by atoms with Crippen LogP contribution in [0.4, 0.5) is 0 Å². The molecule has 6 atom stereocenters. The number of phenolic OH excluding ortho intramolecular Hbond substituents is 2. The Morgan fingerprint density at radius 1 is 1.19 bits per heavy atom. The molecule has 2 aromatic carbocycles. The van der Waals surface area contributed by atoms with Gasteiger partial charge in [0.25, 0.3) is 0 Å². The molecule has 3 aliphatic rings. The summed E-state index contributed by atoms with van der Waals surface area (Å²) in [6.45, 7) is 3.13. The molecule has 0 radical (unpaired) electrons. The molecule has 0 unspecified atom stereocenters. The maximum atomic E-state index is 13.8. The lowest BCUT2D eigenvalue weighted by atomic mass is 9.72. The molecule has 1 heterocycles. The average molecular weight is 601 g/mol. The van der Waals surface area contributed by atoms with E-state index in [4.69, 9.17) is 37.9 Å². The van der Waals surface area contributed by atoms with Crippen LogP contribution in [0.15, 0.2) is 23.3 Å². The number of fused-ring (bicyclic) bond motifs is 3. The highest BCUT2D eigenvalue weighted by Gasteiger charge is 2.49. The molecule has 13 nitrogen and oxygen atoms in total. The van der Waals surface area contributed by atoms with E-state index in [9.17, 15) is 30.0 Å². The van der Waals surface area contributed by atoms with Gasteiger partial charge in [0.05, 0.1) is 47.8 Å². The van der Waals surface area contributed by atoms with Gasteiger partial charge in [-0.3, -0.25) is 15.0 Å². The Hall–Kier alpha value is -3.66. The topological polar surface area (TPSA) is 219 Å². The fourth-order valence-corrected chi connectivity index (χ4v) is 5.95. The van der Waals surface area contributed by atoms with Crippen molar-refractivity contribution < 1.29 is 44.2 Å². The van der Waals surface area contributed by atoms with Gasteiger partial charge in [-0.25, -0.2) is 0 Å². The van der Waals surface area contributed by atoms with Crippen LogP contribution in [0.1, 0.15) is 75.8 Å². The van der Waals surface area contributed by atoms with E-state index in [0.717, 1.165) is 0 Å². The van der Waals surface area contributed by atoms with Gasteiger partial charge in [-0.2, -0.15) is 5.10 Å². The van der Waals surface area contributed by atoms with Gasteiger partial charge < -0.3 is 46.1 Å². The number of thiocarbonyl (C=S) groups is 1. The van der Waals surface area contributed by atoms with Crippen molar-refractivity contribution in [1.82, 2.24) is 5.43 Å². The number of hydrogen-bond acceptors (Lipinski definition) is 12. The second kappa shape index (κ2) is 10.9. The number of nitrogens with two attached hydrogens (primary N) is 2. The minimum Gasteiger partial charge on any atom is -0.507 e. The molecule has 2 aliphatic carbocycles. The lowest BCUT2D eigenvalue weighted by molar-refractivity contribution is -0.245. The van der Waals surface area contributed by atoms with E-state index < -0.39 is 70.4 Å². The Labute approximate surface area is 246 Å². The van der Waals surface area contributed by atoms with E-state index in [1.54, 1.807) is 6.92 Å². The second-order valence-corrected chi connectivity index (χ2v) is 11.2. The molecule has 0 bridgehead atoms. The Morgan fingerprint density at radius 3 is 2.52 bits per heavy atom. The molecular formula is C28H32N4O9S. The van der Waals surface area contributed by atoms with Crippen LogP contribution >= 0.6 is 12.2 Å². The first-order valence-electron chi connectivity index (χ1n) is 13.2. The Bertz CT molecular complexity index is 1520. The van der Waals surface area contributed by atoms with Crippen LogP contribution < -0.4 is 21.6 Å². The number of phenols is 2. The number of aliphatic hydroxyl groups excluding tert-OH is 1. The zero-order valence-electron chi connectivity index (χ0n) is 23.1. The SMILES string of the molecule is COc1cccc2c1C(=O)c1c(O)c3c(c(O)c1C2=O)C[C@@](O)(/C(C)=N\NC(N)=S)C[C@H]3O[C@H]1C[C@@H](N)[C@@H](O)[C@@H](C)O1. The fourth-order valence-electron chi connectivity index (χ4n) is 5.91. The van der Waals surface area contributed by atoms with Crippen molar-refractivity contribution in [1.29, 1.82) is 0 Å². The number of nitrogens with zero attached hydrogens (tertiary/aromatic N) is 1. The normalized spacial score (nSPS) is 28.9. The van der Waals surface area contributed by atoms with Gasteiger partial charge in [0, 0.05) is 42.0 Å². The van der Waals surface area contributed by atoms with E-state index in [1.807, 2.05) is 0 Å². The molecule has 0 saturated carbocycles. The first-order valence-corrected chi connectivity index (χ1v) is 13.6. The van der Waals surface area contributed by atoms with E-state index in [-0.39, 0.29) is 58.1 Å². The summed E-state index contributed by atoms with van der Waals surface area (Å²) in [6.07, 6.45) is -4.25. The summed E-state index contributed by atoms with van der Waals surface area (Å²) in [5.74, 6) is -2.46. The van der Waals surface area contributed by atoms with E-state index in [1.165, 1.54) is 32.2 Å². The third kappa shape index (κ3) is 4.79. The van der Waals surface area contributed by atoms with Gasteiger partial charge in [-0.1, -0.05) is 12.1 Å². The van der Waals surface area contributed by atoms with Crippen molar-refractivity contribution in [2.75, 3.05) is 7.11 Å². The van der Waals surface area contributed by atoms with Crippen molar-refractivity contribution >= 4 is 34.6 Å². The van der Waals surface area contributed by atoms with Gasteiger partial charge in [0.15, 0.2) is 17.2 Å². The zero-order chi connectivity index (χ0) is 30.7. The Kier molecular flexibility index (Phi) is 7.72. The maximum Gasteiger partial charge on any atom is 0.202 e. The monoisotopic (exact) mass is 600 g/mol. The number of ether oxygens (including phenoxy) is 3. The van der Waals surface area contributed by atoms with Crippen molar-refractivity contribution in [2.45, 2.75) is 69.4 Å². The highest BCUT2D eigenvalue weighted by molar-refractivity contribution is 7.80. The first kappa shape index (κ1) is 29.8. The zero-order valence-corrected chi connectivity index (χ0v) is 23.9. The predicted molar refractivity (Wildman–Crippen MR) is 153 cm³/mol. The van der Waals surface area contributed by atoms with Gasteiger partial charge >= 0.3 is 0 Å². The molecule has 1 fully saturated rings. The summed E-state index contributed by atoms with van der Waals surface area (Å²) in [5, 5.41) is 49.2. The van der Waals surface area contributed by atoms with Crippen LogP contribution in [0.25, 0.3) is 0 Å². The quantitative estimate of drug-likeness (QED) is 0.0927. The van der Waals surface area contributed by atoms with Crippen molar-refractivity contribution in [3.63, 3.8) is 0 Å². The number of rotatable bonds is 5. The van der Waals surface area contributed by atoms with Crippen molar-refractivity contribution in [2.24, 2.45) is 16.6 Å². The Morgan fingerprint density at radius 2 is 1.88 bits per heavy atom. The minimum absolute atomic E-state index is 0.00137. The third-order valence-electron chi connectivity index (χ3n) is 8.15. The molecule has 2 aromatic rings. The number of hydrogen-bond donors (Lipinski definition) is 7. The van der Waals surface area contributed by atoms with Gasteiger partial charge in [0.1, 0.15) is 22.8 Å². The summed E-state index contributed by atoms with van der Waals surface area (Å²) >= 11 is 4.81. The number of benzene rings is 2. The molecular weight excluding hydrogens is 568 g/mol. The lowest BCUT2D eigenvalue weighted by Gasteiger charge is -2.42. The van der Waals surface area contributed by atoms with Crippen LogP contribution in [0.3, 0.4) is 0 Å². The number of aromatic hydroxyl groups is 2.